The Hall–Kier alpha value is -2.67. The van der Waals surface area contributed by atoms with E-state index in [1.807, 2.05) is 31.2 Å². The number of rotatable bonds is 6. The number of hydrogen-bond donors (Lipinski definition) is 1. The first-order valence-electron chi connectivity index (χ1n) is 7.27. The average Bonchev–Trinajstić information content (AvgIpc) is 2.52. The Balaban J connectivity index is 2.04. The topological polar surface area (TPSA) is 78.8 Å². The van der Waals surface area contributed by atoms with Crippen molar-refractivity contribution < 1.29 is 13.2 Å². The SMILES string of the molecule is Cc1cccc(/C=N\NC(=O)CN(c2ccccc2)S(C)(=O)=O)c1. The number of para-hydroxylation sites is 1. The smallest absolute Gasteiger partial charge is 0.260 e. The molecule has 0 atom stereocenters. The average molecular weight is 345 g/mol. The third kappa shape index (κ3) is 5.20. The van der Waals surface area contributed by atoms with E-state index in [4.69, 9.17) is 0 Å². The van der Waals surface area contributed by atoms with Crippen LogP contribution in [0.1, 0.15) is 11.1 Å². The van der Waals surface area contributed by atoms with Gasteiger partial charge in [-0.1, -0.05) is 48.0 Å². The molecular weight excluding hydrogens is 326 g/mol. The minimum absolute atomic E-state index is 0.339. The van der Waals surface area contributed by atoms with Crippen LogP contribution in [-0.2, 0) is 14.8 Å². The van der Waals surface area contributed by atoms with Crippen LogP contribution >= 0.6 is 0 Å². The van der Waals surface area contributed by atoms with E-state index in [2.05, 4.69) is 10.5 Å². The molecule has 1 amide bonds. The highest BCUT2D eigenvalue weighted by Gasteiger charge is 2.20. The van der Waals surface area contributed by atoms with Crippen molar-refractivity contribution in [1.82, 2.24) is 5.43 Å². The number of amides is 1. The standard InChI is InChI=1S/C17H19N3O3S/c1-14-7-6-8-15(11-14)12-18-19-17(21)13-20(24(2,22)23)16-9-4-3-5-10-16/h3-12H,13H2,1-2H3,(H,19,21)/b18-12-. The summed E-state index contributed by atoms with van der Waals surface area (Å²) in [4.78, 5) is 12.0. The Kier molecular flexibility index (Phi) is 5.70. The second-order valence-corrected chi connectivity index (χ2v) is 7.22. The molecule has 0 unspecified atom stereocenters. The van der Waals surface area contributed by atoms with Gasteiger partial charge in [-0.25, -0.2) is 13.8 Å². The Morgan fingerprint density at radius 1 is 1.17 bits per heavy atom. The molecule has 0 fully saturated rings. The lowest BCUT2D eigenvalue weighted by atomic mass is 10.2. The normalized spacial score (nSPS) is 11.4. The quantitative estimate of drug-likeness (QED) is 0.642. The van der Waals surface area contributed by atoms with Gasteiger partial charge in [0.15, 0.2) is 0 Å². The van der Waals surface area contributed by atoms with Gasteiger partial charge in [-0.05, 0) is 24.6 Å². The summed E-state index contributed by atoms with van der Waals surface area (Å²) < 4.78 is 24.8. The monoisotopic (exact) mass is 345 g/mol. The molecule has 7 heteroatoms. The molecule has 0 saturated heterocycles. The Bertz CT molecular complexity index is 833. The van der Waals surface area contributed by atoms with Crippen molar-refractivity contribution in [3.63, 3.8) is 0 Å². The summed E-state index contributed by atoms with van der Waals surface area (Å²) in [6, 6.07) is 16.1. The molecule has 2 rings (SSSR count). The number of anilines is 1. The van der Waals surface area contributed by atoms with Crippen LogP contribution in [0.5, 0.6) is 0 Å². The predicted octanol–water partition coefficient (Wildman–Crippen LogP) is 1.91. The third-order valence-electron chi connectivity index (χ3n) is 3.18. The molecule has 126 valence electrons. The molecule has 0 spiro atoms. The number of nitrogens with one attached hydrogen (secondary N) is 1. The molecule has 1 N–H and O–H groups in total. The maximum absolute atomic E-state index is 12.0. The van der Waals surface area contributed by atoms with E-state index in [9.17, 15) is 13.2 Å². The molecule has 0 radical (unpaired) electrons. The number of sulfonamides is 1. The molecule has 2 aromatic rings. The summed E-state index contributed by atoms with van der Waals surface area (Å²) in [5.74, 6) is -0.520. The number of hydrogen-bond acceptors (Lipinski definition) is 4. The van der Waals surface area contributed by atoms with Gasteiger partial charge in [-0.15, -0.1) is 0 Å². The summed E-state index contributed by atoms with van der Waals surface area (Å²) >= 11 is 0. The van der Waals surface area contributed by atoms with Crippen LogP contribution in [-0.4, -0.2) is 33.3 Å². The van der Waals surface area contributed by atoms with E-state index < -0.39 is 15.9 Å². The first-order chi connectivity index (χ1) is 11.4. The second-order valence-electron chi connectivity index (χ2n) is 5.31. The second kappa shape index (κ2) is 7.74. The van der Waals surface area contributed by atoms with Crippen LogP contribution in [0.3, 0.4) is 0 Å². The van der Waals surface area contributed by atoms with E-state index in [0.717, 1.165) is 21.7 Å². The van der Waals surface area contributed by atoms with Crippen molar-refractivity contribution in [1.29, 1.82) is 0 Å². The molecule has 0 bridgehead atoms. The summed E-state index contributed by atoms with van der Waals surface area (Å²) in [6.45, 7) is 1.62. The van der Waals surface area contributed by atoms with Crippen molar-refractivity contribution >= 4 is 27.8 Å². The molecule has 24 heavy (non-hydrogen) atoms. The minimum Gasteiger partial charge on any atom is -0.271 e. The molecule has 0 aliphatic heterocycles. The van der Waals surface area contributed by atoms with Crippen molar-refractivity contribution in [3.8, 4) is 0 Å². The van der Waals surface area contributed by atoms with Crippen LogP contribution in [0.2, 0.25) is 0 Å². The van der Waals surface area contributed by atoms with Gasteiger partial charge in [-0.3, -0.25) is 9.10 Å². The molecular formula is C17H19N3O3S. The Morgan fingerprint density at radius 3 is 2.50 bits per heavy atom. The van der Waals surface area contributed by atoms with Crippen LogP contribution in [0, 0.1) is 6.92 Å². The number of benzene rings is 2. The number of carbonyl (C=O) groups is 1. The number of hydrazone groups is 1. The molecule has 0 heterocycles. The number of aryl methyl sites for hydroxylation is 1. The fourth-order valence-corrected chi connectivity index (χ4v) is 2.95. The molecule has 2 aromatic carbocycles. The van der Waals surface area contributed by atoms with Crippen LogP contribution < -0.4 is 9.73 Å². The van der Waals surface area contributed by atoms with Crippen molar-refractivity contribution in [3.05, 3.63) is 65.7 Å². The van der Waals surface area contributed by atoms with Gasteiger partial charge in [0.05, 0.1) is 18.2 Å². The van der Waals surface area contributed by atoms with Crippen molar-refractivity contribution in [2.45, 2.75) is 6.92 Å². The highest BCUT2D eigenvalue weighted by Crippen LogP contribution is 2.16. The maximum atomic E-state index is 12.0. The van der Waals surface area contributed by atoms with Crippen molar-refractivity contribution in [2.24, 2.45) is 5.10 Å². The summed E-state index contributed by atoms with van der Waals surface area (Å²) in [5.41, 5.74) is 4.70. The lowest BCUT2D eigenvalue weighted by Gasteiger charge is -2.21. The lowest BCUT2D eigenvalue weighted by molar-refractivity contribution is -0.119. The zero-order valence-corrected chi connectivity index (χ0v) is 14.3. The summed E-state index contributed by atoms with van der Waals surface area (Å²) in [6.07, 6.45) is 2.57. The minimum atomic E-state index is -3.58. The zero-order valence-electron chi connectivity index (χ0n) is 13.5. The summed E-state index contributed by atoms with van der Waals surface area (Å²) in [5, 5.41) is 3.87. The van der Waals surface area contributed by atoms with Crippen LogP contribution in [0.4, 0.5) is 5.69 Å². The number of nitrogens with zero attached hydrogens (tertiary/aromatic N) is 2. The molecule has 0 aromatic heterocycles. The van der Waals surface area contributed by atoms with Crippen molar-refractivity contribution in [2.75, 3.05) is 17.1 Å². The Labute approximate surface area is 141 Å². The van der Waals surface area contributed by atoms with E-state index in [-0.39, 0.29) is 6.54 Å². The van der Waals surface area contributed by atoms with Gasteiger partial charge in [0, 0.05) is 0 Å². The molecule has 0 saturated carbocycles. The van der Waals surface area contributed by atoms with Crippen LogP contribution in [0.15, 0.2) is 59.7 Å². The predicted molar refractivity (Wildman–Crippen MR) is 95.5 cm³/mol. The fraction of sp³-hybridized carbons (Fsp3) is 0.176. The maximum Gasteiger partial charge on any atom is 0.260 e. The highest BCUT2D eigenvalue weighted by molar-refractivity contribution is 7.92. The van der Waals surface area contributed by atoms with Gasteiger partial charge in [-0.2, -0.15) is 5.10 Å². The van der Waals surface area contributed by atoms with Gasteiger partial charge < -0.3 is 0 Å². The van der Waals surface area contributed by atoms with E-state index >= 15 is 0 Å². The third-order valence-corrected chi connectivity index (χ3v) is 4.32. The first-order valence-corrected chi connectivity index (χ1v) is 9.12. The summed E-state index contributed by atoms with van der Waals surface area (Å²) in [7, 11) is -3.58. The van der Waals surface area contributed by atoms with Gasteiger partial charge in [0.1, 0.15) is 6.54 Å². The molecule has 0 aliphatic rings. The lowest BCUT2D eigenvalue weighted by Crippen LogP contribution is -2.38. The van der Waals surface area contributed by atoms with E-state index in [0.29, 0.717) is 5.69 Å². The Morgan fingerprint density at radius 2 is 1.88 bits per heavy atom. The molecule has 6 nitrogen and oxygen atoms in total. The van der Waals surface area contributed by atoms with E-state index in [1.54, 1.807) is 30.3 Å². The van der Waals surface area contributed by atoms with E-state index in [1.165, 1.54) is 6.21 Å². The largest absolute Gasteiger partial charge is 0.271 e. The number of carbonyl (C=O) groups excluding carboxylic acids is 1. The molecule has 0 aliphatic carbocycles. The first kappa shape index (κ1) is 17.7. The van der Waals surface area contributed by atoms with Crippen LogP contribution in [0.25, 0.3) is 0 Å². The van der Waals surface area contributed by atoms with Gasteiger partial charge in [0.25, 0.3) is 5.91 Å². The highest BCUT2D eigenvalue weighted by atomic mass is 32.2. The van der Waals surface area contributed by atoms with Gasteiger partial charge in [0.2, 0.25) is 10.0 Å². The fourth-order valence-electron chi connectivity index (χ4n) is 2.09. The van der Waals surface area contributed by atoms with Gasteiger partial charge >= 0.3 is 0 Å². The zero-order chi connectivity index (χ0) is 17.6.